The van der Waals surface area contributed by atoms with Gasteiger partial charge in [-0.2, -0.15) is 0 Å². The number of nitrogens with two attached hydrogens (primary N) is 1. The summed E-state index contributed by atoms with van der Waals surface area (Å²) in [4.78, 5) is 8.19. The SMILES string of the molecule is C=C(COC)/N=C(\N=C(/C)N)Nc1ccc(F)cc1. The molecule has 0 atom stereocenters. The second kappa shape index (κ2) is 7.27. The molecule has 1 rings (SSSR count). The number of aliphatic imine (C=N–C) groups is 2. The molecule has 0 aromatic heterocycles. The van der Waals surface area contributed by atoms with Crippen molar-refractivity contribution in [3.8, 4) is 0 Å². The van der Waals surface area contributed by atoms with Crippen molar-refractivity contribution in [3.05, 3.63) is 42.4 Å². The lowest BCUT2D eigenvalue weighted by Gasteiger charge is -2.07. The second-order valence-corrected chi connectivity index (χ2v) is 3.82. The van der Waals surface area contributed by atoms with Crippen molar-refractivity contribution < 1.29 is 9.13 Å². The summed E-state index contributed by atoms with van der Waals surface area (Å²) in [5, 5.41) is 2.93. The maximum absolute atomic E-state index is 12.8. The molecule has 0 saturated carbocycles. The Hall–Kier alpha value is -2.21. The van der Waals surface area contributed by atoms with E-state index in [1.807, 2.05) is 0 Å². The molecule has 0 unspecified atom stereocenters. The fourth-order valence-electron chi connectivity index (χ4n) is 1.26. The van der Waals surface area contributed by atoms with Crippen LogP contribution in [-0.2, 0) is 4.74 Å². The third-order valence-corrected chi connectivity index (χ3v) is 1.96. The Bertz CT molecular complexity index is 490. The maximum Gasteiger partial charge on any atom is 0.229 e. The van der Waals surface area contributed by atoms with Crippen molar-refractivity contribution in [2.24, 2.45) is 15.7 Å². The number of guanidine groups is 1. The van der Waals surface area contributed by atoms with Crippen molar-refractivity contribution >= 4 is 17.5 Å². The van der Waals surface area contributed by atoms with Gasteiger partial charge in [0.05, 0.1) is 18.1 Å². The van der Waals surface area contributed by atoms with Gasteiger partial charge < -0.3 is 15.8 Å². The van der Waals surface area contributed by atoms with Crippen molar-refractivity contribution in [3.63, 3.8) is 0 Å². The molecule has 1 aromatic carbocycles. The quantitative estimate of drug-likeness (QED) is 0.646. The highest BCUT2D eigenvalue weighted by Gasteiger charge is 2.01. The van der Waals surface area contributed by atoms with Gasteiger partial charge in [0.25, 0.3) is 0 Å². The first-order chi connectivity index (χ1) is 9.01. The third kappa shape index (κ3) is 5.78. The molecule has 0 amide bonds. The van der Waals surface area contributed by atoms with Crippen LogP contribution in [-0.4, -0.2) is 25.5 Å². The molecular weight excluding hydrogens is 247 g/mol. The van der Waals surface area contributed by atoms with Crippen LogP contribution in [0.3, 0.4) is 0 Å². The molecule has 5 nitrogen and oxygen atoms in total. The fourth-order valence-corrected chi connectivity index (χ4v) is 1.26. The number of hydrogen-bond acceptors (Lipinski definition) is 2. The molecule has 3 N–H and O–H groups in total. The molecule has 19 heavy (non-hydrogen) atoms. The summed E-state index contributed by atoms with van der Waals surface area (Å²) in [5.41, 5.74) is 6.67. The Kier molecular flexibility index (Phi) is 5.69. The maximum atomic E-state index is 12.8. The van der Waals surface area contributed by atoms with Gasteiger partial charge in [-0.25, -0.2) is 14.4 Å². The highest BCUT2D eigenvalue weighted by atomic mass is 19.1. The Morgan fingerprint density at radius 2 is 2.00 bits per heavy atom. The van der Waals surface area contributed by atoms with E-state index in [2.05, 4.69) is 21.9 Å². The van der Waals surface area contributed by atoms with Gasteiger partial charge in [-0.05, 0) is 31.2 Å². The van der Waals surface area contributed by atoms with E-state index in [0.717, 1.165) is 0 Å². The van der Waals surface area contributed by atoms with Crippen molar-refractivity contribution in [1.82, 2.24) is 0 Å². The number of methoxy groups -OCH3 is 1. The summed E-state index contributed by atoms with van der Waals surface area (Å²) in [7, 11) is 1.55. The van der Waals surface area contributed by atoms with E-state index < -0.39 is 0 Å². The normalized spacial score (nSPS) is 12.4. The summed E-state index contributed by atoms with van der Waals surface area (Å²) < 4.78 is 17.7. The minimum Gasteiger partial charge on any atom is -0.387 e. The first-order valence-corrected chi connectivity index (χ1v) is 5.60. The van der Waals surface area contributed by atoms with E-state index in [-0.39, 0.29) is 18.4 Å². The summed E-state index contributed by atoms with van der Waals surface area (Å²) in [5.74, 6) is 0.304. The number of amidine groups is 1. The van der Waals surface area contributed by atoms with E-state index >= 15 is 0 Å². The van der Waals surface area contributed by atoms with Gasteiger partial charge in [0, 0.05) is 12.8 Å². The van der Waals surface area contributed by atoms with E-state index in [4.69, 9.17) is 10.5 Å². The number of nitrogens with zero attached hydrogens (tertiary/aromatic N) is 2. The summed E-state index contributed by atoms with van der Waals surface area (Å²) in [6, 6.07) is 5.82. The minimum atomic E-state index is -0.314. The molecule has 0 aliphatic carbocycles. The van der Waals surface area contributed by atoms with Gasteiger partial charge in [-0.3, -0.25) is 0 Å². The third-order valence-electron chi connectivity index (χ3n) is 1.96. The summed E-state index contributed by atoms with van der Waals surface area (Å²) >= 11 is 0. The van der Waals surface area contributed by atoms with E-state index in [0.29, 0.717) is 17.2 Å². The van der Waals surface area contributed by atoms with Crippen LogP contribution in [0.4, 0.5) is 10.1 Å². The molecule has 102 valence electrons. The minimum absolute atomic E-state index is 0.272. The zero-order valence-electron chi connectivity index (χ0n) is 11.0. The number of ether oxygens (including phenoxy) is 1. The standard InChI is InChI=1S/C13H17FN4O/c1-9(8-19-3)16-13(17-10(2)15)18-12-6-4-11(14)5-7-12/h4-7H,1,8H2,2-3H3,(H3,15,16,17,18). The molecule has 0 aliphatic heterocycles. The molecule has 0 spiro atoms. The fraction of sp³-hybridized carbons (Fsp3) is 0.231. The van der Waals surface area contributed by atoms with Gasteiger partial charge in [0.15, 0.2) is 0 Å². The number of rotatable bonds is 4. The molecule has 0 aliphatic rings. The molecule has 0 radical (unpaired) electrons. The average Bonchev–Trinajstić information content (AvgIpc) is 2.31. The Labute approximate surface area is 111 Å². The summed E-state index contributed by atoms with van der Waals surface area (Å²) in [6.07, 6.45) is 0. The highest BCUT2D eigenvalue weighted by molar-refractivity contribution is 6.02. The smallest absolute Gasteiger partial charge is 0.229 e. The van der Waals surface area contributed by atoms with Crippen LogP contribution in [0.25, 0.3) is 0 Å². The summed E-state index contributed by atoms with van der Waals surface area (Å²) in [6.45, 7) is 5.65. The van der Waals surface area contributed by atoms with Gasteiger partial charge in [-0.1, -0.05) is 6.58 Å². The second-order valence-electron chi connectivity index (χ2n) is 3.82. The van der Waals surface area contributed by atoms with Gasteiger partial charge in [0.1, 0.15) is 5.82 Å². The number of anilines is 1. The number of hydrogen-bond donors (Lipinski definition) is 2. The van der Waals surface area contributed by atoms with Gasteiger partial charge in [-0.15, -0.1) is 0 Å². The monoisotopic (exact) mass is 264 g/mol. The van der Waals surface area contributed by atoms with Crippen molar-refractivity contribution in [1.29, 1.82) is 0 Å². The van der Waals surface area contributed by atoms with Gasteiger partial charge >= 0.3 is 0 Å². The van der Waals surface area contributed by atoms with Crippen LogP contribution in [0.5, 0.6) is 0 Å². The van der Waals surface area contributed by atoms with Crippen LogP contribution < -0.4 is 11.1 Å². The Morgan fingerprint density at radius 1 is 1.37 bits per heavy atom. The predicted molar refractivity (Wildman–Crippen MR) is 75.8 cm³/mol. The first-order valence-electron chi connectivity index (χ1n) is 5.60. The molecule has 6 heteroatoms. The lowest BCUT2D eigenvalue weighted by Crippen LogP contribution is -2.16. The Morgan fingerprint density at radius 3 is 2.53 bits per heavy atom. The lowest BCUT2D eigenvalue weighted by atomic mass is 10.3. The zero-order valence-corrected chi connectivity index (χ0v) is 11.0. The van der Waals surface area contributed by atoms with E-state index in [1.165, 1.54) is 12.1 Å². The van der Waals surface area contributed by atoms with E-state index in [1.54, 1.807) is 26.2 Å². The average molecular weight is 264 g/mol. The highest BCUT2D eigenvalue weighted by Crippen LogP contribution is 2.09. The topological polar surface area (TPSA) is 72.0 Å². The number of benzene rings is 1. The molecular formula is C13H17FN4O. The van der Waals surface area contributed by atoms with Crippen LogP contribution in [0, 0.1) is 5.82 Å². The molecule has 0 bridgehead atoms. The van der Waals surface area contributed by atoms with Gasteiger partial charge in [0.2, 0.25) is 5.96 Å². The van der Waals surface area contributed by atoms with Crippen LogP contribution in [0.15, 0.2) is 46.5 Å². The largest absolute Gasteiger partial charge is 0.387 e. The van der Waals surface area contributed by atoms with Crippen molar-refractivity contribution in [2.75, 3.05) is 19.0 Å². The Balaban J connectivity index is 2.89. The molecule has 0 heterocycles. The molecule has 1 aromatic rings. The predicted octanol–water partition coefficient (Wildman–Crippen LogP) is 2.13. The van der Waals surface area contributed by atoms with Crippen LogP contribution in [0.2, 0.25) is 0 Å². The molecule has 0 fully saturated rings. The first kappa shape index (κ1) is 14.8. The van der Waals surface area contributed by atoms with E-state index in [9.17, 15) is 4.39 Å². The lowest BCUT2D eigenvalue weighted by molar-refractivity contribution is 0.225. The van der Waals surface area contributed by atoms with Crippen LogP contribution in [0.1, 0.15) is 6.92 Å². The van der Waals surface area contributed by atoms with Crippen molar-refractivity contribution in [2.45, 2.75) is 6.92 Å². The number of halogens is 1. The number of nitrogens with one attached hydrogen (secondary N) is 1. The zero-order chi connectivity index (χ0) is 14.3. The van der Waals surface area contributed by atoms with Crippen LogP contribution >= 0.6 is 0 Å². The molecule has 0 saturated heterocycles.